The van der Waals surface area contributed by atoms with Crippen molar-refractivity contribution in [2.24, 2.45) is 34.6 Å². The van der Waals surface area contributed by atoms with Crippen LogP contribution in [0.1, 0.15) is 51.4 Å². The summed E-state index contributed by atoms with van der Waals surface area (Å²) >= 11 is 0. The molecule has 4 bridgehead atoms. The normalized spacial score (nSPS) is 47.3. The summed E-state index contributed by atoms with van der Waals surface area (Å²) in [6.07, 6.45) is 7.18. The van der Waals surface area contributed by atoms with Gasteiger partial charge < -0.3 is 21.1 Å². The van der Waals surface area contributed by atoms with Gasteiger partial charge in [0.2, 0.25) is 5.91 Å². The molecule has 7 heteroatoms. The van der Waals surface area contributed by atoms with Crippen LogP contribution in [0.5, 0.6) is 0 Å². The number of likely N-dealkylation sites (tertiary alicyclic amines) is 1. The summed E-state index contributed by atoms with van der Waals surface area (Å²) in [4.78, 5) is 27.1. The Hall–Kier alpha value is -1.65. The maximum Gasteiger partial charge on any atom is 0.320 e. The highest BCUT2D eigenvalue weighted by atomic mass is 16.6. The number of esters is 1. The van der Waals surface area contributed by atoms with E-state index in [1.165, 1.54) is 0 Å². The van der Waals surface area contributed by atoms with E-state index in [4.69, 9.17) is 16.2 Å². The molecule has 1 heterocycles. The Kier molecular flexibility index (Phi) is 3.67. The average Bonchev–Trinajstić information content (AvgIpc) is 3.28. The summed E-state index contributed by atoms with van der Waals surface area (Å²) in [5.74, 6) is 0.967. The third-order valence-corrected chi connectivity index (χ3v) is 7.98. The van der Waals surface area contributed by atoms with Crippen LogP contribution >= 0.6 is 0 Å². The minimum Gasteiger partial charge on any atom is -0.458 e. The molecule has 0 aromatic carbocycles. The Morgan fingerprint density at radius 3 is 2.52 bits per heavy atom. The summed E-state index contributed by atoms with van der Waals surface area (Å²) < 4.78 is 5.86. The number of rotatable bonds is 4. The third-order valence-electron chi connectivity index (χ3n) is 7.98. The lowest BCUT2D eigenvalue weighted by atomic mass is 9.46. The molecule has 2 unspecified atom stereocenters. The highest BCUT2D eigenvalue weighted by Gasteiger charge is 2.64. The van der Waals surface area contributed by atoms with Crippen LogP contribution < -0.4 is 11.5 Å². The van der Waals surface area contributed by atoms with Gasteiger partial charge in [-0.2, -0.15) is 5.26 Å². The van der Waals surface area contributed by atoms with Crippen LogP contribution in [0.2, 0.25) is 0 Å². The van der Waals surface area contributed by atoms with Gasteiger partial charge in [0, 0.05) is 6.04 Å². The lowest BCUT2D eigenvalue weighted by Crippen LogP contribution is -2.65. The van der Waals surface area contributed by atoms with Gasteiger partial charge in [0.15, 0.2) is 0 Å². The van der Waals surface area contributed by atoms with E-state index in [9.17, 15) is 14.9 Å². The molecular weight excluding hydrogens is 344 g/mol. The molecule has 1 saturated heterocycles. The van der Waals surface area contributed by atoms with E-state index >= 15 is 0 Å². The van der Waals surface area contributed by atoms with Gasteiger partial charge in [-0.3, -0.25) is 9.59 Å². The van der Waals surface area contributed by atoms with E-state index in [-0.39, 0.29) is 35.9 Å². The lowest BCUT2D eigenvalue weighted by Gasteiger charge is -2.62. The average molecular weight is 372 g/mol. The predicted molar refractivity (Wildman–Crippen MR) is 95.7 cm³/mol. The molecule has 6 fully saturated rings. The Labute approximate surface area is 159 Å². The lowest BCUT2D eigenvalue weighted by molar-refractivity contribution is -0.204. The van der Waals surface area contributed by atoms with Gasteiger partial charge in [0.25, 0.3) is 0 Å². The quantitative estimate of drug-likeness (QED) is 0.699. The largest absolute Gasteiger partial charge is 0.458 e. The molecular formula is C20H28N4O3. The summed E-state index contributed by atoms with van der Waals surface area (Å²) in [5, 5.41) is 9.45. The van der Waals surface area contributed by atoms with Crippen molar-refractivity contribution in [2.75, 3.05) is 6.54 Å². The standard InChI is InChI=1S/C20H28N4O3/c21-8-14-2-13-3-15(13)24(14)18(26)17(23)19-4-11-1-12(5-19)7-20(6-11,10-19)27-16(25)9-22/h11-15,17H,1-7,9-10,22-23H2/t11?,12?,13-,14+,15+,17-,19?,20?/m1/s1. The number of nitrogens with two attached hydrogens (primary N) is 2. The minimum absolute atomic E-state index is 0.0613. The first kappa shape index (κ1) is 17.4. The van der Waals surface area contributed by atoms with Crippen molar-refractivity contribution in [3.05, 3.63) is 0 Å². The van der Waals surface area contributed by atoms with E-state index in [1.807, 2.05) is 0 Å². The van der Waals surface area contributed by atoms with Crippen molar-refractivity contribution in [1.29, 1.82) is 5.26 Å². The number of amides is 1. The second-order valence-electron chi connectivity index (χ2n) is 9.85. The molecule has 0 radical (unpaired) electrons. The van der Waals surface area contributed by atoms with Gasteiger partial charge in [0.05, 0.1) is 18.7 Å². The highest BCUT2D eigenvalue weighted by molar-refractivity contribution is 5.84. The van der Waals surface area contributed by atoms with Crippen molar-refractivity contribution in [2.45, 2.75) is 75.1 Å². The van der Waals surface area contributed by atoms with Gasteiger partial charge in [-0.25, -0.2) is 0 Å². The van der Waals surface area contributed by atoms with Crippen LogP contribution in [0.3, 0.4) is 0 Å². The second kappa shape index (κ2) is 5.68. The molecule has 7 nitrogen and oxygen atoms in total. The van der Waals surface area contributed by atoms with Gasteiger partial charge in [0.1, 0.15) is 11.6 Å². The monoisotopic (exact) mass is 372 g/mol. The molecule has 1 aliphatic heterocycles. The van der Waals surface area contributed by atoms with Crippen LogP contribution in [-0.2, 0) is 14.3 Å². The first-order valence-corrected chi connectivity index (χ1v) is 10.3. The van der Waals surface area contributed by atoms with E-state index in [1.54, 1.807) is 4.90 Å². The summed E-state index contributed by atoms with van der Waals surface area (Å²) in [5.41, 5.74) is 11.3. The maximum absolute atomic E-state index is 13.4. The van der Waals surface area contributed by atoms with Crippen molar-refractivity contribution in [1.82, 2.24) is 4.90 Å². The molecule has 0 aromatic rings. The van der Waals surface area contributed by atoms with Gasteiger partial charge >= 0.3 is 5.97 Å². The molecule has 0 aromatic heterocycles. The van der Waals surface area contributed by atoms with Gasteiger partial charge in [-0.15, -0.1) is 0 Å². The molecule has 6 atom stereocenters. The number of piperidine rings is 1. The van der Waals surface area contributed by atoms with Crippen LogP contribution in [-0.4, -0.2) is 47.0 Å². The maximum atomic E-state index is 13.4. The van der Waals surface area contributed by atoms with Crippen molar-refractivity contribution < 1.29 is 14.3 Å². The zero-order chi connectivity index (χ0) is 19.0. The number of hydrogen-bond donors (Lipinski definition) is 2. The molecule has 146 valence electrons. The molecule has 1 amide bonds. The van der Waals surface area contributed by atoms with Crippen LogP contribution in [0.4, 0.5) is 0 Å². The Morgan fingerprint density at radius 2 is 1.89 bits per heavy atom. The Balaban J connectivity index is 1.41. The van der Waals surface area contributed by atoms with Crippen molar-refractivity contribution >= 4 is 11.9 Å². The second-order valence-corrected chi connectivity index (χ2v) is 9.85. The number of ether oxygens (including phenoxy) is 1. The third kappa shape index (κ3) is 2.53. The zero-order valence-corrected chi connectivity index (χ0v) is 15.6. The zero-order valence-electron chi connectivity index (χ0n) is 15.6. The molecule has 5 aliphatic carbocycles. The van der Waals surface area contributed by atoms with E-state index in [2.05, 4.69) is 6.07 Å². The molecule has 27 heavy (non-hydrogen) atoms. The topological polar surface area (TPSA) is 122 Å². The first-order valence-electron chi connectivity index (χ1n) is 10.3. The number of carbonyl (C=O) groups excluding carboxylic acids is 2. The Morgan fingerprint density at radius 1 is 1.19 bits per heavy atom. The van der Waals surface area contributed by atoms with E-state index in [0.29, 0.717) is 24.2 Å². The fourth-order valence-electron chi connectivity index (χ4n) is 7.33. The number of hydrogen-bond acceptors (Lipinski definition) is 6. The number of carbonyl (C=O) groups is 2. The fourth-order valence-corrected chi connectivity index (χ4v) is 7.33. The minimum atomic E-state index is -0.616. The number of nitriles is 1. The highest BCUT2D eigenvalue weighted by Crippen LogP contribution is 2.64. The van der Waals surface area contributed by atoms with Gasteiger partial charge in [-0.1, -0.05) is 0 Å². The van der Waals surface area contributed by atoms with Crippen molar-refractivity contribution in [3.63, 3.8) is 0 Å². The molecule has 4 N–H and O–H groups in total. The first-order chi connectivity index (χ1) is 12.9. The predicted octanol–water partition coefficient (Wildman–Crippen LogP) is 0.668. The number of fused-ring (bicyclic) bond motifs is 1. The smallest absolute Gasteiger partial charge is 0.320 e. The van der Waals surface area contributed by atoms with Crippen LogP contribution in [0, 0.1) is 34.5 Å². The summed E-state index contributed by atoms with van der Waals surface area (Å²) in [6, 6.07) is 1.56. The van der Waals surface area contributed by atoms with Crippen LogP contribution in [0.15, 0.2) is 0 Å². The summed E-state index contributed by atoms with van der Waals surface area (Å²) in [6.45, 7) is -0.115. The SMILES string of the molecule is N#C[C@@H]1C[C@@H]2C[C@@H]2N1C(=O)[C@@H](N)C12CC3CC(CC(OC(=O)CN)(C3)C1)C2. The van der Waals surface area contributed by atoms with E-state index < -0.39 is 11.6 Å². The molecule has 6 rings (SSSR count). The molecule has 0 spiro atoms. The van der Waals surface area contributed by atoms with Crippen molar-refractivity contribution in [3.8, 4) is 6.07 Å². The number of nitrogens with zero attached hydrogens (tertiary/aromatic N) is 2. The van der Waals surface area contributed by atoms with Gasteiger partial charge in [-0.05, 0) is 74.5 Å². The van der Waals surface area contributed by atoms with E-state index in [0.717, 1.165) is 44.9 Å². The Bertz CT molecular complexity index is 717. The fraction of sp³-hybridized carbons (Fsp3) is 0.850. The van der Waals surface area contributed by atoms with Crippen LogP contribution in [0.25, 0.3) is 0 Å². The molecule has 6 aliphatic rings. The molecule has 5 saturated carbocycles. The summed E-state index contributed by atoms with van der Waals surface area (Å²) in [7, 11) is 0.